The van der Waals surface area contributed by atoms with Gasteiger partial charge in [0, 0.05) is 13.1 Å². The molecule has 0 fully saturated rings. The van der Waals surface area contributed by atoms with E-state index < -0.39 is 21.9 Å². The van der Waals surface area contributed by atoms with Gasteiger partial charge >= 0.3 is 5.97 Å². The van der Waals surface area contributed by atoms with Crippen molar-refractivity contribution in [1.82, 2.24) is 4.31 Å². The molecule has 7 heteroatoms. The fraction of sp³-hybridized carbons (Fsp3) is 0.429. The van der Waals surface area contributed by atoms with Crippen LogP contribution < -0.4 is 0 Å². The van der Waals surface area contributed by atoms with Gasteiger partial charge in [-0.1, -0.05) is 19.9 Å². The lowest BCUT2D eigenvalue weighted by Crippen LogP contribution is -2.37. The van der Waals surface area contributed by atoms with E-state index in [0.717, 1.165) is 0 Å². The maximum Gasteiger partial charge on any atom is 0.309 e. The first kappa shape index (κ1) is 17.1. The molecule has 1 rings (SSSR count). The van der Waals surface area contributed by atoms with Crippen LogP contribution in [0.25, 0.3) is 0 Å². The van der Waals surface area contributed by atoms with Crippen LogP contribution in [0.2, 0.25) is 0 Å². The third-order valence-corrected chi connectivity index (χ3v) is 4.97. The van der Waals surface area contributed by atoms with Crippen molar-refractivity contribution < 1.29 is 17.9 Å². The third kappa shape index (κ3) is 4.03. The van der Waals surface area contributed by atoms with Gasteiger partial charge in [0.15, 0.2) is 0 Å². The monoisotopic (exact) mass is 310 g/mol. The van der Waals surface area contributed by atoms with Crippen LogP contribution in [0.15, 0.2) is 29.2 Å². The van der Waals surface area contributed by atoms with E-state index in [1.54, 1.807) is 13.8 Å². The molecule has 0 aliphatic carbocycles. The minimum Gasteiger partial charge on any atom is -0.469 e. The van der Waals surface area contributed by atoms with Gasteiger partial charge in [-0.15, -0.1) is 0 Å². The SMILES string of the molecule is CCN(C[C@@H](C)C(=O)OC)S(=O)(=O)c1cccc(C#N)c1. The van der Waals surface area contributed by atoms with Gasteiger partial charge in [-0.3, -0.25) is 4.79 Å². The number of rotatable bonds is 6. The number of sulfonamides is 1. The molecule has 0 heterocycles. The summed E-state index contributed by atoms with van der Waals surface area (Å²) in [6, 6.07) is 7.71. The minimum absolute atomic E-state index is 0.0300. The van der Waals surface area contributed by atoms with E-state index in [4.69, 9.17) is 5.26 Å². The van der Waals surface area contributed by atoms with Crippen LogP contribution in [0.3, 0.4) is 0 Å². The summed E-state index contributed by atoms with van der Waals surface area (Å²) in [6.07, 6.45) is 0. The zero-order valence-electron chi connectivity index (χ0n) is 12.2. The fourth-order valence-corrected chi connectivity index (χ4v) is 3.44. The van der Waals surface area contributed by atoms with E-state index in [2.05, 4.69) is 4.74 Å². The molecule has 0 bridgehead atoms. The van der Waals surface area contributed by atoms with Gasteiger partial charge in [-0.25, -0.2) is 8.42 Å². The van der Waals surface area contributed by atoms with Crippen LogP contribution >= 0.6 is 0 Å². The lowest BCUT2D eigenvalue weighted by molar-refractivity contribution is -0.145. The van der Waals surface area contributed by atoms with E-state index >= 15 is 0 Å². The molecular weight excluding hydrogens is 292 g/mol. The summed E-state index contributed by atoms with van der Waals surface area (Å²) in [4.78, 5) is 11.5. The molecule has 0 unspecified atom stereocenters. The smallest absolute Gasteiger partial charge is 0.309 e. The second-order valence-electron chi connectivity index (χ2n) is 4.52. The Labute approximate surface area is 125 Å². The predicted octanol–water partition coefficient (Wildman–Crippen LogP) is 1.38. The summed E-state index contributed by atoms with van der Waals surface area (Å²) >= 11 is 0. The zero-order valence-corrected chi connectivity index (χ0v) is 13.1. The third-order valence-electron chi connectivity index (χ3n) is 3.03. The van der Waals surface area contributed by atoms with Crippen LogP contribution in [-0.4, -0.2) is 38.9 Å². The molecule has 114 valence electrons. The van der Waals surface area contributed by atoms with Crippen molar-refractivity contribution in [2.75, 3.05) is 20.2 Å². The molecule has 0 saturated heterocycles. The van der Waals surface area contributed by atoms with Crippen LogP contribution in [0.4, 0.5) is 0 Å². The van der Waals surface area contributed by atoms with Crippen molar-refractivity contribution in [2.45, 2.75) is 18.7 Å². The maximum atomic E-state index is 12.5. The highest BCUT2D eigenvalue weighted by atomic mass is 32.2. The summed E-state index contributed by atoms with van der Waals surface area (Å²) < 4.78 is 30.9. The average Bonchev–Trinajstić information content (AvgIpc) is 2.51. The zero-order chi connectivity index (χ0) is 16.0. The number of benzene rings is 1. The van der Waals surface area contributed by atoms with E-state index in [1.165, 1.54) is 35.7 Å². The largest absolute Gasteiger partial charge is 0.469 e. The van der Waals surface area contributed by atoms with E-state index in [1.807, 2.05) is 6.07 Å². The van der Waals surface area contributed by atoms with Crippen molar-refractivity contribution in [2.24, 2.45) is 5.92 Å². The summed E-state index contributed by atoms with van der Waals surface area (Å²) in [6.45, 7) is 3.55. The standard InChI is InChI=1S/C14H18N2O4S/c1-4-16(10-11(2)14(17)20-3)21(18,19)13-7-5-6-12(8-13)9-15/h5-8,11H,4,10H2,1-3H3/t11-/m1/s1. The Morgan fingerprint density at radius 2 is 2.14 bits per heavy atom. The Morgan fingerprint density at radius 3 is 2.67 bits per heavy atom. The van der Waals surface area contributed by atoms with Gasteiger partial charge in [0.25, 0.3) is 0 Å². The molecule has 0 saturated carbocycles. The number of methoxy groups -OCH3 is 1. The lowest BCUT2D eigenvalue weighted by atomic mass is 10.2. The minimum atomic E-state index is -3.75. The molecule has 21 heavy (non-hydrogen) atoms. The Kier molecular flexibility index (Phi) is 5.88. The molecule has 0 aromatic heterocycles. The van der Waals surface area contributed by atoms with Gasteiger partial charge in [0.2, 0.25) is 10.0 Å². The number of esters is 1. The Bertz CT molecular complexity index is 649. The number of ether oxygens (including phenoxy) is 1. The van der Waals surface area contributed by atoms with Gasteiger partial charge in [0.1, 0.15) is 0 Å². The predicted molar refractivity (Wildman–Crippen MR) is 76.8 cm³/mol. The topological polar surface area (TPSA) is 87.5 Å². The van der Waals surface area contributed by atoms with Gasteiger partial charge in [-0.05, 0) is 18.2 Å². The second kappa shape index (κ2) is 7.20. The summed E-state index contributed by atoms with van der Waals surface area (Å²) in [5.74, 6) is -1.03. The average molecular weight is 310 g/mol. The number of carbonyl (C=O) groups excluding carboxylic acids is 1. The first-order valence-corrected chi connectivity index (χ1v) is 7.89. The Morgan fingerprint density at radius 1 is 1.48 bits per heavy atom. The van der Waals surface area contributed by atoms with Crippen molar-refractivity contribution in [1.29, 1.82) is 5.26 Å². The number of nitriles is 1. The molecule has 0 radical (unpaired) electrons. The van der Waals surface area contributed by atoms with Crippen LogP contribution in [0.1, 0.15) is 19.4 Å². The van der Waals surface area contributed by atoms with Crippen molar-refractivity contribution >= 4 is 16.0 Å². The lowest BCUT2D eigenvalue weighted by Gasteiger charge is -2.23. The van der Waals surface area contributed by atoms with Crippen molar-refractivity contribution in [3.05, 3.63) is 29.8 Å². The van der Waals surface area contributed by atoms with Gasteiger partial charge < -0.3 is 4.74 Å². The molecule has 1 atom stereocenters. The number of carbonyl (C=O) groups is 1. The van der Waals surface area contributed by atoms with Crippen LogP contribution in [0.5, 0.6) is 0 Å². The normalized spacial score (nSPS) is 12.7. The molecule has 0 aliphatic heterocycles. The van der Waals surface area contributed by atoms with Crippen molar-refractivity contribution in [3.63, 3.8) is 0 Å². The van der Waals surface area contributed by atoms with Crippen LogP contribution in [-0.2, 0) is 19.6 Å². The number of nitrogens with zero attached hydrogens (tertiary/aromatic N) is 2. The molecule has 1 aromatic carbocycles. The quantitative estimate of drug-likeness (QED) is 0.741. The second-order valence-corrected chi connectivity index (χ2v) is 6.46. The highest BCUT2D eigenvalue weighted by Gasteiger charge is 2.27. The molecule has 0 amide bonds. The molecule has 6 nitrogen and oxygen atoms in total. The van der Waals surface area contributed by atoms with Gasteiger partial charge in [0.05, 0.1) is 29.6 Å². The summed E-state index contributed by atoms with van der Waals surface area (Å²) in [7, 11) is -2.48. The summed E-state index contributed by atoms with van der Waals surface area (Å²) in [5, 5.41) is 8.85. The first-order chi connectivity index (χ1) is 9.86. The fourth-order valence-electron chi connectivity index (χ4n) is 1.85. The van der Waals surface area contributed by atoms with Gasteiger partial charge in [-0.2, -0.15) is 9.57 Å². The highest BCUT2D eigenvalue weighted by molar-refractivity contribution is 7.89. The Balaban J connectivity index is 3.08. The Hall–Kier alpha value is -1.91. The molecule has 0 spiro atoms. The van der Waals surface area contributed by atoms with E-state index in [0.29, 0.717) is 0 Å². The number of hydrogen-bond acceptors (Lipinski definition) is 5. The van der Waals surface area contributed by atoms with Crippen LogP contribution in [0, 0.1) is 17.2 Å². The van der Waals surface area contributed by atoms with E-state index in [-0.39, 0.29) is 23.5 Å². The maximum absolute atomic E-state index is 12.5. The molecule has 0 N–H and O–H groups in total. The highest BCUT2D eigenvalue weighted by Crippen LogP contribution is 2.18. The number of hydrogen-bond donors (Lipinski definition) is 0. The van der Waals surface area contributed by atoms with E-state index in [9.17, 15) is 13.2 Å². The molecule has 1 aromatic rings. The summed E-state index contributed by atoms with van der Waals surface area (Å²) in [5.41, 5.74) is 0.271. The molecular formula is C14H18N2O4S. The first-order valence-electron chi connectivity index (χ1n) is 6.45. The van der Waals surface area contributed by atoms with Crippen molar-refractivity contribution in [3.8, 4) is 6.07 Å². The molecule has 0 aliphatic rings.